The second-order valence-electron chi connectivity index (χ2n) is 5.08. The lowest BCUT2D eigenvalue weighted by atomic mass is 9.81. The third kappa shape index (κ3) is 3.22. The van der Waals surface area contributed by atoms with E-state index < -0.39 is 12.1 Å². The van der Waals surface area contributed by atoms with Crippen LogP contribution in [0.15, 0.2) is 18.2 Å². The maximum absolute atomic E-state index is 13.8. The minimum absolute atomic E-state index is 0.214. The Morgan fingerprint density at radius 3 is 2.61 bits per heavy atom. The Bertz CT molecular complexity index is 407. The predicted molar refractivity (Wildman–Crippen MR) is 78.6 cm³/mol. The van der Waals surface area contributed by atoms with Crippen molar-refractivity contribution in [2.75, 3.05) is 0 Å². The van der Waals surface area contributed by atoms with Crippen molar-refractivity contribution in [2.24, 2.45) is 11.7 Å². The average molecular weight is 363 g/mol. The van der Waals surface area contributed by atoms with Gasteiger partial charge in [0, 0.05) is 9.13 Å². The van der Waals surface area contributed by atoms with E-state index in [2.05, 4.69) is 22.6 Å². The maximum Gasteiger partial charge on any atom is 0.128 e. The Balaban J connectivity index is 2.13. The van der Waals surface area contributed by atoms with Gasteiger partial charge in [0.05, 0.1) is 12.1 Å². The van der Waals surface area contributed by atoms with Crippen molar-refractivity contribution < 1.29 is 9.50 Å². The van der Waals surface area contributed by atoms with E-state index in [1.807, 2.05) is 0 Å². The fourth-order valence-corrected chi connectivity index (χ4v) is 3.24. The molecule has 0 saturated heterocycles. The Labute approximate surface area is 121 Å². The van der Waals surface area contributed by atoms with Gasteiger partial charge in [-0.15, -0.1) is 0 Å². The van der Waals surface area contributed by atoms with Crippen LogP contribution in [0.2, 0.25) is 0 Å². The van der Waals surface area contributed by atoms with E-state index in [1.165, 1.54) is 12.5 Å². The zero-order chi connectivity index (χ0) is 13.1. The number of rotatable bonds is 3. The van der Waals surface area contributed by atoms with Crippen molar-refractivity contribution >= 4 is 22.6 Å². The molecule has 2 rings (SSSR count). The van der Waals surface area contributed by atoms with Gasteiger partial charge < -0.3 is 10.8 Å². The summed E-state index contributed by atoms with van der Waals surface area (Å²) in [6.07, 6.45) is 4.88. The van der Waals surface area contributed by atoms with Crippen molar-refractivity contribution in [2.45, 2.75) is 44.2 Å². The summed E-state index contributed by atoms with van der Waals surface area (Å²) in [7, 11) is 0. The summed E-state index contributed by atoms with van der Waals surface area (Å²) in [5.74, 6) is -0.108. The van der Waals surface area contributed by atoms with Crippen LogP contribution in [0.25, 0.3) is 0 Å². The third-order valence-electron chi connectivity index (χ3n) is 3.82. The van der Waals surface area contributed by atoms with Gasteiger partial charge >= 0.3 is 0 Å². The molecule has 4 heteroatoms. The van der Waals surface area contributed by atoms with E-state index >= 15 is 0 Å². The lowest BCUT2D eigenvalue weighted by molar-refractivity contribution is 0.0607. The average Bonchev–Trinajstić information content (AvgIpc) is 2.41. The van der Waals surface area contributed by atoms with E-state index in [0.717, 1.165) is 29.3 Å². The standard InChI is InChI=1S/C14H19FINO/c15-12-7-6-10(16)8-11(12)13(17)14(18)9-4-2-1-3-5-9/h6-9,13-14,18H,1-5,17H2/t13-,14+/m0/s1. The lowest BCUT2D eigenvalue weighted by Crippen LogP contribution is -2.34. The van der Waals surface area contributed by atoms with Gasteiger partial charge in [-0.05, 0) is 59.5 Å². The molecule has 0 spiro atoms. The molecular formula is C14H19FINO. The molecule has 1 aromatic rings. The first-order valence-electron chi connectivity index (χ1n) is 6.48. The molecule has 1 fully saturated rings. The molecule has 100 valence electrons. The minimum Gasteiger partial charge on any atom is -0.391 e. The number of hydrogen-bond acceptors (Lipinski definition) is 2. The number of halogens is 2. The zero-order valence-corrected chi connectivity index (χ0v) is 12.4. The minimum atomic E-state index is -0.641. The Hall–Kier alpha value is -0.200. The highest BCUT2D eigenvalue weighted by Gasteiger charge is 2.29. The molecular weight excluding hydrogens is 344 g/mol. The molecule has 1 saturated carbocycles. The van der Waals surface area contributed by atoms with Crippen LogP contribution in [0.4, 0.5) is 4.39 Å². The first-order chi connectivity index (χ1) is 8.59. The molecule has 0 bridgehead atoms. The molecule has 0 heterocycles. The van der Waals surface area contributed by atoms with E-state index in [4.69, 9.17) is 5.73 Å². The number of aliphatic hydroxyl groups is 1. The molecule has 3 N–H and O–H groups in total. The van der Waals surface area contributed by atoms with Gasteiger partial charge in [0.2, 0.25) is 0 Å². The van der Waals surface area contributed by atoms with E-state index in [9.17, 15) is 9.50 Å². The van der Waals surface area contributed by atoms with Crippen molar-refractivity contribution in [1.29, 1.82) is 0 Å². The molecule has 0 radical (unpaired) electrons. The maximum atomic E-state index is 13.8. The van der Waals surface area contributed by atoms with Crippen LogP contribution in [-0.2, 0) is 0 Å². The summed E-state index contributed by atoms with van der Waals surface area (Å²) >= 11 is 2.13. The Kier molecular flexibility index (Phi) is 4.98. The van der Waals surface area contributed by atoms with Crippen LogP contribution >= 0.6 is 22.6 Å². The first kappa shape index (κ1) is 14.2. The highest BCUT2D eigenvalue weighted by Crippen LogP contribution is 2.32. The third-order valence-corrected chi connectivity index (χ3v) is 4.49. The monoisotopic (exact) mass is 363 g/mol. The molecule has 1 aliphatic rings. The summed E-state index contributed by atoms with van der Waals surface area (Å²) in [5, 5.41) is 10.3. The second-order valence-corrected chi connectivity index (χ2v) is 6.33. The van der Waals surface area contributed by atoms with E-state index in [0.29, 0.717) is 5.56 Å². The lowest BCUT2D eigenvalue weighted by Gasteiger charge is -2.30. The van der Waals surface area contributed by atoms with Crippen LogP contribution in [-0.4, -0.2) is 11.2 Å². The van der Waals surface area contributed by atoms with Gasteiger partial charge in [0.1, 0.15) is 5.82 Å². The number of benzene rings is 1. The Morgan fingerprint density at radius 1 is 1.28 bits per heavy atom. The highest BCUT2D eigenvalue weighted by atomic mass is 127. The number of hydrogen-bond donors (Lipinski definition) is 2. The fraction of sp³-hybridized carbons (Fsp3) is 0.571. The largest absolute Gasteiger partial charge is 0.391 e. The summed E-state index contributed by atoms with van der Waals surface area (Å²) in [4.78, 5) is 0. The van der Waals surface area contributed by atoms with Crippen LogP contribution in [0, 0.1) is 15.3 Å². The molecule has 18 heavy (non-hydrogen) atoms. The van der Waals surface area contributed by atoms with Crippen LogP contribution < -0.4 is 5.73 Å². The SMILES string of the molecule is N[C@@H](c1cc(I)ccc1F)[C@H](O)C1CCCCC1. The smallest absolute Gasteiger partial charge is 0.128 e. The summed E-state index contributed by atoms with van der Waals surface area (Å²) in [6.45, 7) is 0. The molecule has 0 amide bonds. The summed E-state index contributed by atoms with van der Waals surface area (Å²) < 4.78 is 14.7. The van der Waals surface area contributed by atoms with Crippen LogP contribution in [0.3, 0.4) is 0 Å². The molecule has 1 aromatic carbocycles. The van der Waals surface area contributed by atoms with Crippen molar-refractivity contribution in [3.8, 4) is 0 Å². The molecule has 0 aromatic heterocycles. The highest BCUT2D eigenvalue weighted by molar-refractivity contribution is 14.1. The molecule has 1 aliphatic carbocycles. The van der Waals surface area contributed by atoms with Crippen molar-refractivity contribution in [3.63, 3.8) is 0 Å². The summed E-state index contributed by atoms with van der Waals surface area (Å²) in [5.41, 5.74) is 6.48. The van der Waals surface area contributed by atoms with Gasteiger partial charge in [-0.3, -0.25) is 0 Å². The second kappa shape index (κ2) is 6.30. The number of aliphatic hydroxyl groups excluding tert-OH is 1. The van der Waals surface area contributed by atoms with Gasteiger partial charge in [-0.1, -0.05) is 19.3 Å². The molecule has 0 unspecified atom stereocenters. The van der Waals surface area contributed by atoms with Crippen molar-refractivity contribution in [1.82, 2.24) is 0 Å². The van der Waals surface area contributed by atoms with E-state index in [1.54, 1.807) is 12.1 Å². The molecule has 0 aliphatic heterocycles. The van der Waals surface area contributed by atoms with Crippen molar-refractivity contribution in [3.05, 3.63) is 33.1 Å². The summed E-state index contributed by atoms with van der Waals surface area (Å²) in [6, 6.07) is 4.24. The number of nitrogens with two attached hydrogens (primary N) is 1. The zero-order valence-electron chi connectivity index (χ0n) is 10.3. The fourth-order valence-electron chi connectivity index (χ4n) is 2.72. The van der Waals surface area contributed by atoms with Crippen LogP contribution in [0.1, 0.15) is 43.7 Å². The van der Waals surface area contributed by atoms with Gasteiger partial charge in [0.15, 0.2) is 0 Å². The van der Waals surface area contributed by atoms with Gasteiger partial charge in [0.25, 0.3) is 0 Å². The quantitative estimate of drug-likeness (QED) is 0.809. The van der Waals surface area contributed by atoms with Gasteiger partial charge in [-0.2, -0.15) is 0 Å². The van der Waals surface area contributed by atoms with Gasteiger partial charge in [-0.25, -0.2) is 4.39 Å². The molecule has 2 atom stereocenters. The molecule has 2 nitrogen and oxygen atoms in total. The topological polar surface area (TPSA) is 46.2 Å². The normalized spacial score (nSPS) is 20.7. The van der Waals surface area contributed by atoms with Crippen LogP contribution in [0.5, 0.6) is 0 Å². The Morgan fingerprint density at radius 2 is 1.94 bits per heavy atom. The predicted octanol–water partition coefficient (Wildman–Crippen LogP) is 3.37. The van der Waals surface area contributed by atoms with E-state index in [-0.39, 0.29) is 11.7 Å². The first-order valence-corrected chi connectivity index (χ1v) is 7.56.